The molecule has 0 aliphatic rings. The third-order valence-corrected chi connectivity index (χ3v) is 0.829. The maximum Gasteiger partial charge on any atom is 1.00 e. The van der Waals surface area contributed by atoms with Crippen LogP contribution in [-0.2, 0) is 14.3 Å². The molecule has 0 rings (SSSR count). The fourth-order valence-corrected chi connectivity index (χ4v) is 0.487. The predicted molar refractivity (Wildman–Crippen MR) is 32.0 cm³/mol. The zero-order valence-electron chi connectivity index (χ0n) is 7.12. The molecule has 11 heavy (non-hydrogen) atoms. The molecule has 5 heteroatoms. The van der Waals surface area contributed by atoms with Crippen LogP contribution in [0.2, 0.25) is 0 Å². The van der Waals surface area contributed by atoms with Gasteiger partial charge in [0.15, 0.2) is 6.29 Å². The monoisotopic (exact) mass is 186 g/mol. The molecule has 0 unspecified atom stereocenters. The van der Waals surface area contributed by atoms with Crippen molar-refractivity contribution in [2.75, 3.05) is 13.2 Å². The van der Waals surface area contributed by atoms with Crippen LogP contribution in [0, 0.1) is 0 Å². The van der Waals surface area contributed by atoms with Gasteiger partial charge >= 0.3 is 51.4 Å². The van der Waals surface area contributed by atoms with Crippen LogP contribution in [-0.4, -0.2) is 25.5 Å². The zero-order chi connectivity index (χ0) is 7.98. The van der Waals surface area contributed by atoms with E-state index in [1.165, 1.54) is 0 Å². The van der Waals surface area contributed by atoms with Crippen molar-refractivity contribution in [1.29, 1.82) is 0 Å². The van der Waals surface area contributed by atoms with E-state index >= 15 is 0 Å². The van der Waals surface area contributed by atoms with E-state index < -0.39 is 12.3 Å². The normalized spacial score (nSPS) is 9.36. The second-order valence-corrected chi connectivity index (χ2v) is 1.56. The van der Waals surface area contributed by atoms with E-state index in [0.29, 0.717) is 13.2 Å². The first-order valence-electron chi connectivity index (χ1n) is 3.16. The first-order valence-corrected chi connectivity index (χ1v) is 3.16. The van der Waals surface area contributed by atoms with E-state index in [-0.39, 0.29) is 51.4 Å². The summed E-state index contributed by atoms with van der Waals surface area (Å²) in [6, 6.07) is 0. The molecule has 0 aliphatic carbocycles. The number of carbonyl (C=O) groups excluding carboxylic acids is 1. The molecule has 0 aliphatic heterocycles. The fourth-order valence-electron chi connectivity index (χ4n) is 0.487. The molecular formula is C6H11KO4. The first kappa shape index (κ1) is 14.5. The molecule has 0 radical (unpaired) electrons. The molecule has 0 aromatic rings. The van der Waals surface area contributed by atoms with Gasteiger partial charge in [-0.25, -0.2) is 0 Å². The summed E-state index contributed by atoms with van der Waals surface area (Å²) in [5.74, 6) is -1.33. The quantitative estimate of drug-likeness (QED) is 0.326. The molecule has 0 aromatic heterocycles. The van der Waals surface area contributed by atoms with Crippen molar-refractivity contribution in [1.82, 2.24) is 0 Å². The summed E-state index contributed by atoms with van der Waals surface area (Å²) >= 11 is 0. The number of ether oxygens (including phenoxy) is 2. The minimum atomic E-state index is -1.33. The Morgan fingerprint density at radius 3 is 1.91 bits per heavy atom. The van der Waals surface area contributed by atoms with E-state index in [0.717, 1.165) is 0 Å². The van der Waals surface area contributed by atoms with Gasteiger partial charge in [-0.3, -0.25) is 0 Å². The molecular weight excluding hydrogens is 175 g/mol. The molecule has 0 heterocycles. The topological polar surface area (TPSA) is 58.6 Å². The number of hydrogen-bond acceptors (Lipinski definition) is 4. The minimum Gasteiger partial charge on any atom is -0.545 e. The average molecular weight is 186 g/mol. The Labute approximate surface area is 109 Å². The Hall–Kier alpha value is 1.03. The molecule has 0 N–H and O–H groups in total. The summed E-state index contributed by atoms with van der Waals surface area (Å²) in [7, 11) is 0. The molecule has 0 atom stereocenters. The summed E-state index contributed by atoms with van der Waals surface area (Å²) in [5, 5.41) is 10.1. The third kappa shape index (κ3) is 7.39. The van der Waals surface area contributed by atoms with E-state index in [1.807, 2.05) is 0 Å². The summed E-state index contributed by atoms with van der Waals surface area (Å²) in [6.07, 6.45) is -1.21. The standard InChI is InChI=1S/C6H12O4.K/c1-3-9-6(5(7)8)10-4-2;/h6H,3-4H2,1-2H3,(H,7,8);/q;+1/p-1. The zero-order valence-corrected chi connectivity index (χ0v) is 10.2. The van der Waals surface area contributed by atoms with Gasteiger partial charge in [0.25, 0.3) is 0 Å². The minimum absolute atomic E-state index is 0. The molecule has 4 nitrogen and oxygen atoms in total. The number of carboxylic acids is 1. The molecule has 0 saturated heterocycles. The molecule has 0 fully saturated rings. The van der Waals surface area contributed by atoms with Crippen LogP contribution in [0.1, 0.15) is 13.8 Å². The van der Waals surface area contributed by atoms with Gasteiger partial charge in [0.05, 0.1) is 5.97 Å². The average Bonchev–Trinajstić information content (AvgIpc) is 1.87. The number of carboxylic acid groups (broad SMARTS) is 1. The largest absolute Gasteiger partial charge is 1.00 e. The first-order chi connectivity index (χ1) is 4.72. The van der Waals surface area contributed by atoms with Gasteiger partial charge in [0.1, 0.15) is 0 Å². The van der Waals surface area contributed by atoms with Crippen LogP contribution in [0.3, 0.4) is 0 Å². The van der Waals surface area contributed by atoms with Gasteiger partial charge in [0, 0.05) is 13.2 Å². The van der Waals surface area contributed by atoms with E-state index in [1.54, 1.807) is 13.8 Å². The Morgan fingerprint density at radius 2 is 1.73 bits per heavy atom. The Balaban J connectivity index is 0. The fraction of sp³-hybridized carbons (Fsp3) is 0.833. The van der Waals surface area contributed by atoms with Crippen molar-refractivity contribution in [3.8, 4) is 0 Å². The molecule has 60 valence electrons. The van der Waals surface area contributed by atoms with Gasteiger partial charge in [-0.2, -0.15) is 0 Å². The summed E-state index contributed by atoms with van der Waals surface area (Å²) in [6.45, 7) is 3.99. The third-order valence-electron chi connectivity index (χ3n) is 0.829. The predicted octanol–water partition coefficient (Wildman–Crippen LogP) is -3.86. The number of carbonyl (C=O) groups is 1. The van der Waals surface area contributed by atoms with E-state index in [9.17, 15) is 9.90 Å². The smallest absolute Gasteiger partial charge is 0.545 e. The Morgan fingerprint density at radius 1 is 1.36 bits per heavy atom. The van der Waals surface area contributed by atoms with Crippen LogP contribution >= 0.6 is 0 Å². The van der Waals surface area contributed by atoms with Crippen molar-refractivity contribution in [2.24, 2.45) is 0 Å². The summed E-state index contributed by atoms with van der Waals surface area (Å²) in [5.41, 5.74) is 0. The van der Waals surface area contributed by atoms with Crippen LogP contribution in [0.15, 0.2) is 0 Å². The van der Waals surface area contributed by atoms with Crippen LogP contribution in [0.4, 0.5) is 0 Å². The van der Waals surface area contributed by atoms with Crippen molar-refractivity contribution in [3.05, 3.63) is 0 Å². The molecule has 0 aromatic carbocycles. The Bertz CT molecular complexity index is 101. The maximum atomic E-state index is 10.1. The van der Waals surface area contributed by atoms with Gasteiger partial charge in [-0.15, -0.1) is 0 Å². The molecule has 0 bridgehead atoms. The number of rotatable bonds is 5. The van der Waals surface area contributed by atoms with Crippen molar-refractivity contribution >= 4 is 5.97 Å². The van der Waals surface area contributed by atoms with Crippen molar-refractivity contribution < 1.29 is 70.8 Å². The van der Waals surface area contributed by atoms with E-state index in [2.05, 4.69) is 9.47 Å². The second-order valence-electron chi connectivity index (χ2n) is 1.56. The molecule has 0 amide bonds. The Kier molecular flexibility index (Phi) is 12.1. The van der Waals surface area contributed by atoms with Crippen LogP contribution in [0.5, 0.6) is 0 Å². The number of hydrogen-bond donors (Lipinski definition) is 0. The van der Waals surface area contributed by atoms with Crippen molar-refractivity contribution in [2.45, 2.75) is 20.1 Å². The summed E-state index contributed by atoms with van der Waals surface area (Å²) < 4.78 is 9.32. The van der Waals surface area contributed by atoms with Gasteiger partial charge < -0.3 is 19.4 Å². The van der Waals surface area contributed by atoms with Gasteiger partial charge in [0.2, 0.25) is 0 Å². The van der Waals surface area contributed by atoms with Gasteiger partial charge in [-0.1, -0.05) is 0 Å². The summed E-state index contributed by atoms with van der Waals surface area (Å²) in [4.78, 5) is 10.1. The molecule has 0 spiro atoms. The van der Waals surface area contributed by atoms with E-state index in [4.69, 9.17) is 0 Å². The maximum absolute atomic E-state index is 10.1. The number of aliphatic carboxylic acids is 1. The SMILES string of the molecule is CCOC(OCC)C(=O)[O-].[K+]. The van der Waals surface area contributed by atoms with Crippen LogP contribution in [0.25, 0.3) is 0 Å². The molecule has 0 saturated carbocycles. The van der Waals surface area contributed by atoms with Crippen LogP contribution < -0.4 is 56.5 Å². The second kappa shape index (κ2) is 9.12. The van der Waals surface area contributed by atoms with Crippen molar-refractivity contribution in [3.63, 3.8) is 0 Å². The van der Waals surface area contributed by atoms with Gasteiger partial charge in [-0.05, 0) is 13.8 Å².